The number of anilines is 2. The second kappa shape index (κ2) is 10.9. The molecular weight excluding hydrogens is 410 g/mol. The van der Waals surface area contributed by atoms with Crippen LogP contribution in [0, 0.1) is 12.8 Å². The number of aryl methyl sites for hydroxylation is 1. The molecular formula is C24H29N3O3S. The van der Waals surface area contributed by atoms with Gasteiger partial charge in [-0.05, 0) is 68.2 Å². The number of rotatable bonds is 9. The number of unbranched alkanes of at least 4 members (excludes halogenated alkanes) is 2. The first-order valence-electron chi connectivity index (χ1n) is 10.7. The summed E-state index contributed by atoms with van der Waals surface area (Å²) in [6.45, 7) is 4.64. The molecule has 0 radical (unpaired) electrons. The van der Waals surface area contributed by atoms with E-state index in [4.69, 9.17) is 17.0 Å². The maximum absolute atomic E-state index is 12.7. The van der Waals surface area contributed by atoms with Gasteiger partial charge >= 0.3 is 0 Å². The van der Waals surface area contributed by atoms with E-state index in [1.54, 1.807) is 18.2 Å². The molecule has 0 atom stereocenters. The zero-order valence-corrected chi connectivity index (χ0v) is 18.8. The summed E-state index contributed by atoms with van der Waals surface area (Å²) in [5, 5.41) is 8.86. The van der Waals surface area contributed by atoms with E-state index in [2.05, 4.69) is 22.9 Å². The van der Waals surface area contributed by atoms with E-state index >= 15 is 0 Å². The van der Waals surface area contributed by atoms with E-state index in [0.717, 1.165) is 43.4 Å². The SMILES string of the molecule is CCCCCOc1ccccc1C(=O)NC(=S)Nc1ccc(C)c(NC(=O)C2CC2)c1. The van der Waals surface area contributed by atoms with Gasteiger partial charge in [-0.2, -0.15) is 0 Å². The van der Waals surface area contributed by atoms with Crippen LogP contribution >= 0.6 is 12.2 Å². The topological polar surface area (TPSA) is 79.5 Å². The summed E-state index contributed by atoms with van der Waals surface area (Å²) in [6, 6.07) is 12.7. The van der Waals surface area contributed by atoms with Crippen LogP contribution in [0.5, 0.6) is 5.75 Å². The molecule has 0 unspecified atom stereocenters. The van der Waals surface area contributed by atoms with Gasteiger partial charge in [0.05, 0.1) is 12.2 Å². The molecule has 0 bridgehead atoms. The fourth-order valence-electron chi connectivity index (χ4n) is 3.06. The highest BCUT2D eigenvalue weighted by Crippen LogP contribution is 2.31. The van der Waals surface area contributed by atoms with Crippen molar-refractivity contribution in [1.82, 2.24) is 5.32 Å². The molecule has 164 valence electrons. The Labute approximate surface area is 188 Å². The molecule has 1 aliphatic rings. The summed E-state index contributed by atoms with van der Waals surface area (Å²) in [4.78, 5) is 24.8. The van der Waals surface area contributed by atoms with E-state index in [-0.39, 0.29) is 22.8 Å². The third-order valence-electron chi connectivity index (χ3n) is 5.07. The molecule has 1 aliphatic carbocycles. The quantitative estimate of drug-likeness (QED) is 0.377. The van der Waals surface area contributed by atoms with Crippen LogP contribution in [0.25, 0.3) is 0 Å². The van der Waals surface area contributed by atoms with Crippen LogP contribution in [0.4, 0.5) is 11.4 Å². The van der Waals surface area contributed by atoms with Gasteiger partial charge in [0.2, 0.25) is 5.91 Å². The fraction of sp³-hybridized carbons (Fsp3) is 0.375. The highest BCUT2D eigenvalue weighted by molar-refractivity contribution is 7.80. The molecule has 0 spiro atoms. The van der Waals surface area contributed by atoms with E-state index in [0.29, 0.717) is 23.6 Å². The number of thiocarbonyl (C=S) groups is 1. The van der Waals surface area contributed by atoms with Crippen molar-refractivity contribution in [1.29, 1.82) is 0 Å². The van der Waals surface area contributed by atoms with E-state index in [1.807, 2.05) is 31.2 Å². The number of amides is 2. The Morgan fingerprint density at radius 1 is 1.10 bits per heavy atom. The lowest BCUT2D eigenvalue weighted by Gasteiger charge is -2.14. The molecule has 2 amide bonds. The number of benzene rings is 2. The first kappa shape index (κ1) is 22.7. The number of ether oxygens (including phenoxy) is 1. The lowest BCUT2D eigenvalue weighted by molar-refractivity contribution is -0.117. The molecule has 31 heavy (non-hydrogen) atoms. The van der Waals surface area contributed by atoms with Crippen molar-refractivity contribution in [2.75, 3.05) is 17.2 Å². The number of carbonyl (C=O) groups is 2. The van der Waals surface area contributed by atoms with Crippen molar-refractivity contribution in [2.45, 2.75) is 46.0 Å². The van der Waals surface area contributed by atoms with Gasteiger partial charge in [-0.1, -0.05) is 38.0 Å². The average molecular weight is 440 g/mol. The first-order chi connectivity index (χ1) is 15.0. The first-order valence-corrected chi connectivity index (χ1v) is 11.1. The van der Waals surface area contributed by atoms with E-state index in [1.165, 1.54) is 0 Å². The second-order valence-corrected chi connectivity index (χ2v) is 8.16. The average Bonchev–Trinajstić information content (AvgIpc) is 3.59. The lowest BCUT2D eigenvalue weighted by atomic mass is 10.1. The van der Waals surface area contributed by atoms with Gasteiger partial charge in [0.25, 0.3) is 5.91 Å². The van der Waals surface area contributed by atoms with Crippen molar-refractivity contribution in [2.24, 2.45) is 5.92 Å². The van der Waals surface area contributed by atoms with Crippen molar-refractivity contribution < 1.29 is 14.3 Å². The van der Waals surface area contributed by atoms with Gasteiger partial charge in [-0.3, -0.25) is 14.9 Å². The largest absolute Gasteiger partial charge is 0.493 e. The Kier molecular flexibility index (Phi) is 8.00. The van der Waals surface area contributed by atoms with Crippen molar-refractivity contribution in [3.63, 3.8) is 0 Å². The highest BCUT2D eigenvalue weighted by atomic mass is 32.1. The van der Waals surface area contributed by atoms with Gasteiger partial charge in [0.1, 0.15) is 5.75 Å². The predicted molar refractivity (Wildman–Crippen MR) is 128 cm³/mol. The van der Waals surface area contributed by atoms with Crippen LogP contribution in [-0.2, 0) is 4.79 Å². The van der Waals surface area contributed by atoms with E-state index < -0.39 is 0 Å². The molecule has 3 N–H and O–H groups in total. The molecule has 1 fully saturated rings. The van der Waals surface area contributed by atoms with Crippen LogP contribution in [0.15, 0.2) is 42.5 Å². The number of nitrogens with one attached hydrogen (secondary N) is 3. The van der Waals surface area contributed by atoms with Crippen LogP contribution < -0.4 is 20.7 Å². The van der Waals surface area contributed by atoms with Crippen molar-refractivity contribution in [3.8, 4) is 5.75 Å². The highest BCUT2D eigenvalue weighted by Gasteiger charge is 2.29. The maximum Gasteiger partial charge on any atom is 0.261 e. The summed E-state index contributed by atoms with van der Waals surface area (Å²) in [5.74, 6) is 0.379. The zero-order chi connectivity index (χ0) is 22.2. The summed E-state index contributed by atoms with van der Waals surface area (Å²) in [5.41, 5.74) is 2.82. The monoisotopic (exact) mass is 439 g/mol. The summed E-state index contributed by atoms with van der Waals surface area (Å²) >= 11 is 5.32. The molecule has 3 rings (SSSR count). The van der Waals surface area contributed by atoms with Crippen molar-refractivity contribution >= 4 is 40.5 Å². The Balaban J connectivity index is 1.59. The maximum atomic E-state index is 12.7. The molecule has 0 heterocycles. The minimum absolute atomic E-state index is 0.0478. The number of para-hydroxylation sites is 1. The number of hydrogen-bond acceptors (Lipinski definition) is 4. The molecule has 7 heteroatoms. The van der Waals surface area contributed by atoms with Crippen LogP contribution in [-0.4, -0.2) is 23.5 Å². The minimum Gasteiger partial charge on any atom is -0.493 e. The van der Waals surface area contributed by atoms with E-state index in [9.17, 15) is 9.59 Å². The van der Waals surface area contributed by atoms with Crippen LogP contribution in [0.2, 0.25) is 0 Å². The Morgan fingerprint density at radius 2 is 1.87 bits per heavy atom. The molecule has 2 aromatic rings. The Bertz CT molecular complexity index is 957. The lowest BCUT2D eigenvalue weighted by Crippen LogP contribution is -2.34. The zero-order valence-electron chi connectivity index (χ0n) is 18.0. The molecule has 6 nitrogen and oxygen atoms in total. The number of carbonyl (C=O) groups excluding carboxylic acids is 2. The van der Waals surface area contributed by atoms with Gasteiger partial charge in [-0.25, -0.2) is 0 Å². The minimum atomic E-state index is -0.335. The Morgan fingerprint density at radius 3 is 2.61 bits per heavy atom. The second-order valence-electron chi connectivity index (χ2n) is 7.75. The van der Waals surface area contributed by atoms with Gasteiger partial charge < -0.3 is 15.4 Å². The van der Waals surface area contributed by atoms with Gasteiger partial charge in [-0.15, -0.1) is 0 Å². The van der Waals surface area contributed by atoms with Gasteiger partial charge in [0, 0.05) is 17.3 Å². The normalized spacial score (nSPS) is 12.7. The summed E-state index contributed by atoms with van der Waals surface area (Å²) < 4.78 is 5.79. The molecule has 0 aliphatic heterocycles. The fourth-order valence-corrected chi connectivity index (χ4v) is 3.27. The van der Waals surface area contributed by atoms with Crippen LogP contribution in [0.1, 0.15) is 54.9 Å². The Hall–Kier alpha value is -2.93. The summed E-state index contributed by atoms with van der Waals surface area (Å²) in [7, 11) is 0. The van der Waals surface area contributed by atoms with Crippen molar-refractivity contribution in [3.05, 3.63) is 53.6 Å². The molecule has 2 aromatic carbocycles. The van der Waals surface area contributed by atoms with Crippen LogP contribution in [0.3, 0.4) is 0 Å². The summed E-state index contributed by atoms with van der Waals surface area (Å²) in [6.07, 6.45) is 5.03. The molecule has 0 saturated heterocycles. The molecule has 1 saturated carbocycles. The van der Waals surface area contributed by atoms with Gasteiger partial charge in [0.15, 0.2) is 5.11 Å². The molecule has 0 aromatic heterocycles. The smallest absolute Gasteiger partial charge is 0.261 e. The standard InChI is InChI=1S/C24H29N3O3S/c1-3-4-7-14-30-21-9-6-5-8-19(21)23(29)27-24(31)25-18-13-10-16(2)20(15-18)26-22(28)17-11-12-17/h5-6,8-10,13,15,17H,3-4,7,11-12,14H2,1-2H3,(H,26,28)(H2,25,27,29,31). The third-order valence-corrected chi connectivity index (χ3v) is 5.27. The third kappa shape index (κ3) is 6.79. The number of hydrogen-bond donors (Lipinski definition) is 3. The predicted octanol–water partition coefficient (Wildman–Crippen LogP) is 5.04.